The third-order valence-corrected chi connectivity index (χ3v) is 4.68. The number of thioether (sulfide) groups is 1. The highest BCUT2D eigenvalue weighted by atomic mass is 32.2. The minimum absolute atomic E-state index is 0.486. The summed E-state index contributed by atoms with van der Waals surface area (Å²) in [6, 6.07) is 0. The SMILES string of the molecule is CCCCCCCC1CCOC(CC)S1. The molecule has 1 fully saturated rings. The molecule has 0 radical (unpaired) electrons. The summed E-state index contributed by atoms with van der Waals surface area (Å²) in [5.74, 6) is 0. The van der Waals surface area contributed by atoms with Crippen molar-refractivity contribution in [2.75, 3.05) is 6.61 Å². The van der Waals surface area contributed by atoms with Gasteiger partial charge in [0.25, 0.3) is 0 Å². The van der Waals surface area contributed by atoms with Crippen molar-refractivity contribution in [3.63, 3.8) is 0 Å². The summed E-state index contributed by atoms with van der Waals surface area (Å²) >= 11 is 2.07. The lowest BCUT2D eigenvalue weighted by Crippen LogP contribution is -2.22. The molecule has 2 heteroatoms. The Morgan fingerprint density at radius 1 is 1.13 bits per heavy atom. The molecule has 0 N–H and O–H groups in total. The van der Waals surface area contributed by atoms with Gasteiger partial charge >= 0.3 is 0 Å². The van der Waals surface area contributed by atoms with Crippen molar-refractivity contribution in [1.82, 2.24) is 0 Å². The zero-order valence-electron chi connectivity index (χ0n) is 10.3. The van der Waals surface area contributed by atoms with Crippen molar-refractivity contribution < 1.29 is 4.74 Å². The fourth-order valence-electron chi connectivity index (χ4n) is 2.05. The van der Waals surface area contributed by atoms with Crippen LogP contribution in [0.15, 0.2) is 0 Å². The standard InChI is InChI=1S/C13H26OS/c1-3-5-6-7-8-9-12-10-11-14-13(4-2)15-12/h12-13H,3-11H2,1-2H3. The predicted octanol–water partition coefficient (Wildman–Crippen LogP) is 4.61. The van der Waals surface area contributed by atoms with Crippen LogP contribution in [0, 0.1) is 0 Å². The van der Waals surface area contributed by atoms with E-state index < -0.39 is 0 Å². The van der Waals surface area contributed by atoms with Gasteiger partial charge in [-0.05, 0) is 19.3 Å². The van der Waals surface area contributed by atoms with E-state index in [2.05, 4.69) is 25.6 Å². The van der Waals surface area contributed by atoms with Crippen molar-refractivity contribution in [3.8, 4) is 0 Å². The van der Waals surface area contributed by atoms with Crippen LogP contribution in [-0.2, 0) is 4.74 Å². The Kier molecular flexibility index (Phi) is 7.54. The lowest BCUT2D eigenvalue weighted by atomic mass is 10.1. The summed E-state index contributed by atoms with van der Waals surface area (Å²) in [5, 5.41) is 0.880. The Balaban J connectivity index is 2.00. The third kappa shape index (κ3) is 5.82. The zero-order chi connectivity index (χ0) is 10.9. The second-order valence-corrected chi connectivity index (χ2v) is 5.92. The number of unbranched alkanes of at least 4 members (excludes halogenated alkanes) is 4. The molecule has 1 aliphatic heterocycles. The van der Waals surface area contributed by atoms with Crippen LogP contribution in [-0.4, -0.2) is 17.3 Å². The molecule has 0 saturated carbocycles. The maximum Gasteiger partial charge on any atom is 0.103 e. The van der Waals surface area contributed by atoms with E-state index in [4.69, 9.17) is 4.74 Å². The molecule has 0 aromatic rings. The van der Waals surface area contributed by atoms with Crippen molar-refractivity contribution in [2.24, 2.45) is 0 Å². The highest BCUT2D eigenvalue weighted by molar-refractivity contribution is 8.00. The van der Waals surface area contributed by atoms with Crippen LogP contribution in [0.5, 0.6) is 0 Å². The molecular weight excluding hydrogens is 204 g/mol. The summed E-state index contributed by atoms with van der Waals surface area (Å²) < 4.78 is 5.67. The van der Waals surface area contributed by atoms with Crippen LogP contribution in [0.25, 0.3) is 0 Å². The molecule has 90 valence electrons. The second kappa shape index (κ2) is 8.46. The fraction of sp³-hybridized carbons (Fsp3) is 1.00. The Morgan fingerprint density at radius 2 is 1.93 bits per heavy atom. The van der Waals surface area contributed by atoms with Gasteiger partial charge in [0.15, 0.2) is 0 Å². The Bertz CT molecular complexity index is 149. The molecule has 0 amide bonds. The highest BCUT2D eigenvalue weighted by Gasteiger charge is 2.20. The van der Waals surface area contributed by atoms with E-state index in [1.807, 2.05) is 0 Å². The molecule has 15 heavy (non-hydrogen) atoms. The highest BCUT2D eigenvalue weighted by Crippen LogP contribution is 2.32. The molecule has 0 aromatic heterocycles. The third-order valence-electron chi connectivity index (χ3n) is 3.05. The first kappa shape index (κ1) is 13.4. The van der Waals surface area contributed by atoms with Gasteiger partial charge in [-0.1, -0.05) is 46.0 Å². The van der Waals surface area contributed by atoms with Gasteiger partial charge in [-0.3, -0.25) is 0 Å². The van der Waals surface area contributed by atoms with Gasteiger partial charge in [0.2, 0.25) is 0 Å². The molecule has 1 heterocycles. The van der Waals surface area contributed by atoms with E-state index >= 15 is 0 Å². The largest absolute Gasteiger partial charge is 0.368 e. The number of ether oxygens (including phenoxy) is 1. The molecule has 1 saturated heterocycles. The van der Waals surface area contributed by atoms with Gasteiger partial charge in [0.05, 0.1) is 0 Å². The van der Waals surface area contributed by atoms with E-state index in [0.29, 0.717) is 5.44 Å². The van der Waals surface area contributed by atoms with Crippen LogP contribution in [0.2, 0.25) is 0 Å². The smallest absolute Gasteiger partial charge is 0.103 e. The normalized spacial score (nSPS) is 26.8. The van der Waals surface area contributed by atoms with Gasteiger partial charge in [0.1, 0.15) is 5.44 Å². The molecular formula is C13H26OS. The average Bonchev–Trinajstić information content (AvgIpc) is 2.29. The minimum atomic E-state index is 0.486. The van der Waals surface area contributed by atoms with E-state index in [9.17, 15) is 0 Å². The topological polar surface area (TPSA) is 9.23 Å². The maximum atomic E-state index is 5.67. The van der Waals surface area contributed by atoms with E-state index in [0.717, 1.165) is 18.3 Å². The molecule has 0 aliphatic carbocycles. The molecule has 0 aromatic carbocycles. The van der Waals surface area contributed by atoms with Crippen LogP contribution < -0.4 is 0 Å². The van der Waals surface area contributed by atoms with Crippen molar-refractivity contribution in [3.05, 3.63) is 0 Å². The van der Waals surface area contributed by atoms with Crippen LogP contribution in [0.4, 0.5) is 0 Å². The first-order valence-corrected chi connectivity index (χ1v) is 7.58. The first-order chi connectivity index (χ1) is 7.36. The lowest BCUT2D eigenvalue weighted by Gasteiger charge is -2.28. The molecule has 1 nitrogen and oxygen atoms in total. The van der Waals surface area contributed by atoms with Crippen LogP contribution >= 0.6 is 11.8 Å². The van der Waals surface area contributed by atoms with Gasteiger partial charge in [-0.2, -0.15) is 0 Å². The van der Waals surface area contributed by atoms with Crippen molar-refractivity contribution >= 4 is 11.8 Å². The van der Waals surface area contributed by atoms with E-state index in [-0.39, 0.29) is 0 Å². The van der Waals surface area contributed by atoms with Gasteiger partial charge in [-0.25, -0.2) is 0 Å². The first-order valence-electron chi connectivity index (χ1n) is 6.63. The summed E-state index contributed by atoms with van der Waals surface area (Å²) in [6.45, 7) is 5.49. The Labute approximate surface area is 99.3 Å². The summed E-state index contributed by atoms with van der Waals surface area (Å²) in [6.07, 6.45) is 10.9. The van der Waals surface area contributed by atoms with Gasteiger partial charge < -0.3 is 4.74 Å². The summed E-state index contributed by atoms with van der Waals surface area (Å²) in [4.78, 5) is 0. The monoisotopic (exact) mass is 230 g/mol. The number of rotatable bonds is 7. The zero-order valence-corrected chi connectivity index (χ0v) is 11.2. The van der Waals surface area contributed by atoms with Crippen LogP contribution in [0.1, 0.15) is 65.2 Å². The second-order valence-electron chi connectivity index (χ2n) is 4.46. The molecule has 0 bridgehead atoms. The predicted molar refractivity (Wildman–Crippen MR) is 69.4 cm³/mol. The average molecular weight is 230 g/mol. The Hall–Kier alpha value is 0.310. The molecule has 0 spiro atoms. The van der Waals surface area contributed by atoms with Crippen LogP contribution in [0.3, 0.4) is 0 Å². The Morgan fingerprint density at radius 3 is 2.67 bits per heavy atom. The number of hydrogen-bond acceptors (Lipinski definition) is 2. The van der Waals surface area contributed by atoms with Crippen molar-refractivity contribution in [2.45, 2.75) is 75.9 Å². The van der Waals surface area contributed by atoms with Gasteiger partial charge in [0, 0.05) is 11.9 Å². The summed E-state index contributed by atoms with van der Waals surface area (Å²) in [7, 11) is 0. The van der Waals surface area contributed by atoms with Crippen molar-refractivity contribution in [1.29, 1.82) is 0 Å². The van der Waals surface area contributed by atoms with Gasteiger partial charge in [-0.15, -0.1) is 11.8 Å². The van der Waals surface area contributed by atoms with E-state index in [1.165, 1.54) is 44.9 Å². The minimum Gasteiger partial charge on any atom is -0.368 e. The quantitative estimate of drug-likeness (QED) is 0.591. The molecule has 2 unspecified atom stereocenters. The molecule has 2 atom stereocenters. The van der Waals surface area contributed by atoms with E-state index in [1.54, 1.807) is 0 Å². The number of hydrogen-bond donors (Lipinski definition) is 0. The summed E-state index contributed by atoms with van der Waals surface area (Å²) in [5.41, 5.74) is 0.486. The lowest BCUT2D eigenvalue weighted by molar-refractivity contribution is 0.0964. The maximum absolute atomic E-state index is 5.67. The fourth-order valence-corrected chi connectivity index (χ4v) is 3.39. The molecule has 1 rings (SSSR count). The molecule has 1 aliphatic rings.